The van der Waals surface area contributed by atoms with Crippen LogP contribution in [0, 0.1) is 5.92 Å². The molecule has 0 aromatic carbocycles. The molecule has 0 aromatic heterocycles. The van der Waals surface area contributed by atoms with Crippen LogP contribution in [-0.4, -0.2) is 49.0 Å². The molecule has 0 aliphatic carbocycles. The molecule has 0 amide bonds. The molecular weight excluding hydrogens is 171 g/mol. The summed E-state index contributed by atoms with van der Waals surface area (Å²) in [6, 6.07) is 0. The fourth-order valence-corrected chi connectivity index (χ4v) is 1.90. The predicted molar refractivity (Wildman–Crippen MR) is 50.2 cm³/mol. The lowest BCUT2D eigenvalue weighted by Gasteiger charge is -2.35. The minimum absolute atomic E-state index is 0.102. The maximum absolute atomic E-state index is 12.1. The lowest BCUT2D eigenvalue weighted by Crippen LogP contribution is -2.45. The van der Waals surface area contributed by atoms with Gasteiger partial charge in [0.1, 0.15) is 0 Å². The van der Waals surface area contributed by atoms with Crippen LogP contribution in [0.1, 0.15) is 12.8 Å². The van der Waals surface area contributed by atoms with E-state index < -0.39 is 0 Å². The molecule has 0 radical (unpaired) electrons. The number of alkyl halides is 1. The van der Waals surface area contributed by atoms with Crippen molar-refractivity contribution in [3.05, 3.63) is 0 Å². The summed E-state index contributed by atoms with van der Waals surface area (Å²) in [5.41, 5.74) is 5.44. The zero-order chi connectivity index (χ0) is 9.68. The molecule has 4 heteroatoms. The van der Waals surface area contributed by atoms with Crippen molar-refractivity contribution in [2.24, 2.45) is 11.7 Å². The smallest absolute Gasteiger partial charge is 0.0898 e. The molecule has 1 aliphatic rings. The molecule has 0 bridgehead atoms. The second-order valence-corrected chi connectivity index (χ2v) is 3.68. The number of nitrogens with zero attached hydrogens (tertiary/aromatic N) is 1. The van der Waals surface area contributed by atoms with Gasteiger partial charge in [-0.25, -0.2) is 0 Å². The summed E-state index contributed by atoms with van der Waals surface area (Å²) in [6.07, 6.45) is 0.914. The fraction of sp³-hybridized carbons (Fsp3) is 1.00. The van der Waals surface area contributed by atoms with E-state index in [0.29, 0.717) is 13.0 Å². The van der Waals surface area contributed by atoms with Gasteiger partial charge in [-0.2, -0.15) is 0 Å². The summed E-state index contributed by atoms with van der Waals surface area (Å²) < 4.78 is 12.1. The van der Waals surface area contributed by atoms with Crippen molar-refractivity contribution in [1.82, 2.24) is 4.90 Å². The number of hydrogen-bond donors (Lipinski definition) is 2. The van der Waals surface area contributed by atoms with Gasteiger partial charge in [0.15, 0.2) is 0 Å². The van der Waals surface area contributed by atoms with Crippen LogP contribution in [0.3, 0.4) is 0 Å². The van der Waals surface area contributed by atoms with Gasteiger partial charge >= 0.3 is 0 Å². The molecule has 3 nitrogen and oxygen atoms in total. The number of piperidine rings is 1. The summed E-state index contributed by atoms with van der Waals surface area (Å²) in [5, 5.41) is 9.56. The van der Waals surface area contributed by atoms with Crippen molar-refractivity contribution < 1.29 is 9.50 Å². The van der Waals surface area contributed by atoms with Crippen LogP contribution in [0.2, 0.25) is 0 Å². The average Bonchev–Trinajstić information content (AvgIpc) is 2.12. The first-order chi connectivity index (χ1) is 6.27. The Bertz CT molecular complexity index is 146. The molecule has 2 atom stereocenters. The SMILES string of the molecule is NCCN1CC[C@@H](O)[C@H](CCF)C1. The Hall–Kier alpha value is -0.190. The summed E-state index contributed by atoms with van der Waals surface area (Å²) in [5.74, 6) is 0.102. The van der Waals surface area contributed by atoms with Crippen LogP contribution in [0.5, 0.6) is 0 Å². The minimum atomic E-state index is -0.335. The maximum atomic E-state index is 12.1. The number of hydrogen-bond acceptors (Lipinski definition) is 3. The van der Waals surface area contributed by atoms with Crippen LogP contribution < -0.4 is 5.73 Å². The first-order valence-corrected chi connectivity index (χ1v) is 4.94. The van der Waals surface area contributed by atoms with E-state index in [2.05, 4.69) is 4.90 Å². The van der Waals surface area contributed by atoms with Gasteiger partial charge < -0.3 is 15.7 Å². The van der Waals surface area contributed by atoms with Gasteiger partial charge in [0.25, 0.3) is 0 Å². The third-order valence-electron chi connectivity index (χ3n) is 2.70. The first-order valence-electron chi connectivity index (χ1n) is 4.94. The van der Waals surface area contributed by atoms with E-state index in [0.717, 1.165) is 26.1 Å². The summed E-state index contributed by atoms with van der Waals surface area (Å²) in [4.78, 5) is 2.20. The highest BCUT2D eigenvalue weighted by atomic mass is 19.1. The van der Waals surface area contributed by atoms with Crippen molar-refractivity contribution in [2.45, 2.75) is 18.9 Å². The fourth-order valence-electron chi connectivity index (χ4n) is 1.90. The van der Waals surface area contributed by atoms with Gasteiger partial charge in [-0.1, -0.05) is 0 Å². The van der Waals surface area contributed by atoms with E-state index in [9.17, 15) is 9.50 Å². The molecule has 0 spiro atoms. The second-order valence-electron chi connectivity index (χ2n) is 3.68. The van der Waals surface area contributed by atoms with E-state index in [1.165, 1.54) is 0 Å². The Morgan fingerprint density at radius 1 is 1.54 bits per heavy atom. The van der Waals surface area contributed by atoms with Crippen molar-refractivity contribution in [1.29, 1.82) is 0 Å². The highest BCUT2D eigenvalue weighted by Crippen LogP contribution is 2.19. The van der Waals surface area contributed by atoms with Crippen molar-refractivity contribution in [3.8, 4) is 0 Å². The van der Waals surface area contributed by atoms with E-state index in [4.69, 9.17) is 5.73 Å². The summed E-state index contributed by atoms with van der Waals surface area (Å²) in [7, 11) is 0. The average molecular weight is 190 g/mol. The molecule has 1 aliphatic heterocycles. The van der Waals surface area contributed by atoms with Gasteiger partial charge in [0.2, 0.25) is 0 Å². The second kappa shape index (κ2) is 5.52. The third-order valence-corrected chi connectivity index (χ3v) is 2.70. The number of aliphatic hydroxyl groups excluding tert-OH is 1. The third kappa shape index (κ3) is 3.21. The first kappa shape index (κ1) is 10.9. The van der Waals surface area contributed by atoms with Crippen LogP contribution >= 0.6 is 0 Å². The number of aliphatic hydroxyl groups is 1. The molecule has 1 heterocycles. The Kier molecular flexibility index (Phi) is 4.62. The Balaban J connectivity index is 2.33. The standard InChI is InChI=1S/C9H19FN2O/c10-3-1-8-7-12(6-4-11)5-2-9(8)13/h8-9,13H,1-7,11H2/t8-,9-/m1/s1. The van der Waals surface area contributed by atoms with Gasteiger partial charge in [-0.15, -0.1) is 0 Å². The molecule has 1 saturated heterocycles. The molecule has 78 valence electrons. The van der Waals surface area contributed by atoms with Crippen molar-refractivity contribution in [3.63, 3.8) is 0 Å². The van der Waals surface area contributed by atoms with Crippen LogP contribution in [0.15, 0.2) is 0 Å². The largest absolute Gasteiger partial charge is 0.393 e. The van der Waals surface area contributed by atoms with Gasteiger partial charge in [-0.3, -0.25) is 4.39 Å². The topological polar surface area (TPSA) is 49.5 Å². The quantitative estimate of drug-likeness (QED) is 0.655. The Morgan fingerprint density at radius 3 is 2.92 bits per heavy atom. The zero-order valence-electron chi connectivity index (χ0n) is 7.95. The van der Waals surface area contributed by atoms with Gasteiger partial charge in [-0.05, 0) is 12.8 Å². The molecule has 1 fully saturated rings. The molecule has 0 saturated carbocycles. The number of halogens is 1. The summed E-state index contributed by atoms with van der Waals surface area (Å²) in [6.45, 7) is 2.84. The predicted octanol–water partition coefficient (Wildman–Crippen LogP) is -0.0125. The zero-order valence-corrected chi connectivity index (χ0v) is 7.95. The lowest BCUT2D eigenvalue weighted by atomic mass is 9.92. The minimum Gasteiger partial charge on any atom is -0.393 e. The Morgan fingerprint density at radius 2 is 2.31 bits per heavy atom. The maximum Gasteiger partial charge on any atom is 0.0898 e. The number of nitrogens with two attached hydrogens (primary N) is 1. The molecule has 0 unspecified atom stereocenters. The molecule has 3 N–H and O–H groups in total. The molecule has 13 heavy (non-hydrogen) atoms. The molecular formula is C9H19FN2O. The van der Waals surface area contributed by atoms with E-state index >= 15 is 0 Å². The normalized spacial score (nSPS) is 30.7. The highest BCUT2D eigenvalue weighted by molar-refractivity contribution is 4.79. The lowest BCUT2D eigenvalue weighted by molar-refractivity contribution is 0.0214. The number of rotatable bonds is 4. The summed E-state index contributed by atoms with van der Waals surface area (Å²) >= 11 is 0. The van der Waals surface area contributed by atoms with Gasteiger partial charge in [0.05, 0.1) is 12.8 Å². The van der Waals surface area contributed by atoms with Crippen LogP contribution in [0.4, 0.5) is 4.39 Å². The number of likely N-dealkylation sites (tertiary alicyclic amines) is 1. The monoisotopic (exact) mass is 190 g/mol. The van der Waals surface area contributed by atoms with Crippen molar-refractivity contribution in [2.75, 3.05) is 32.9 Å². The van der Waals surface area contributed by atoms with E-state index in [1.807, 2.05) is 0 Å². The molecule has 1 rings (SSSR count). The van der Waals surface area contributed by atoms with Crippen LogP contribution in [0.25, 0.3) is 0 Å². The molecule has 0 aromatic rings. The van der Waals surface area contributed by atoms with Gasteiger partial charge in [0, 0.05) is 32.1 Å². The van der Waals surface area contributed by atoms with Crippen molar-refractivity contribution >= 4 is 0 Å². The van der Waals surface area contributed by atoms with Crippen LogP contribution in [-0.2, 0) is 0 Å². The highest BCUT2D eigenvalue weighted by Gasteiger charge is 2.26. The Labute approximate surface area is 78.7 Å². The van der Waals surface area contributed by atoms with E-state index in [1.54, 1.807) is 0 Å². The van der Waals surface area contributed by atoms with E-state index in [-0.39, 0.29) is 18.7 Å².